The highest BCUT2D eigenvalue weighted by Crippen LogP contribution is 2.10. The van der Waals surface area contributed by atoms with Gasteiger partial charge in [-0.15, -0.1) is 0 Å². The number of likely N-dealkylation sites (N-methyl/N-ethyl adjacent to an activating group) is 1. The summed E-state index contributed by atoms with van der Waals surface area (Å²) < 4.78 is 30.2. The molecule has 86 valence electrons. The average Bonchev–Trinajstić information content (AvgIpc) is 1.98. The molecule has 0 aliphatic heterocycles. The molecule has 0 radical (unpaired) electrons. The van der Waals surface area contributed by atoms with Crippen molar-refractivity contribution in [1.82, 2.24) is 0 Å². The standard InChI is InChI=1S/C8H19NO4S/c1-8(4-7-14(11,12)13)9(2,3)5-6-10/h8,10H,4-7H2,1-3H3/p+1. The van der Waals surface area contributed by atoms with Gasteiger partial charge in [-0.3, -0.25) is 4.55 Å². The van der Waals surface area contributed by atoms with Crippen molar-refractivity contribution >= 4 is 10.1 Å². The Hall–Kier alpha value is -0.170. The third-order valence-electron chi connectivity index (χ3n) is 2.66. The summed E-state index contributed by atoms with van der Waals surface area (Å²) in [6.07, 6.45) is 0.395. The zero-order valence-electron chi connectivity index (χ0n) is 8.97. The molecule has 0 amide bonds. The molecule has 2 N–H and O–H groups in total. The molecule has 0 aromatic rings. The number of aliphatic hydroxyl groups is 1. The van der Waals surface area contributed by atoms with Crippen LogP contribution in [-0.4, -0.2) is 61.6 Å². The molecule has 1 atom stereocenters. The minimum atomic E-state index is -3.87. The summed E-state index contributed by atoms with van der Waals surface area (Å²) >= 11 is 0. The van der Waals surface area contributed by atoms with Gasteiger partial charge in [0, 0.05) is 6.42 Å². The first-order valence-corrected chi connectivity index (χ1v) is 6.18. The van der Waals surface area contributed by atoms with Gasteiger partial charge < -0.3 is 9.59 Å². The molecule has 0 aromatic carbocycles. The summed E-state index contributed by atoms with van der Waals surface area (Å²) in [5, 5.41) is 8.80. The van der Waals surface area contributed by atoms with E-state index in [9.17, 15) is 8.42 Å². The van der Waals surface area contributed by atoms with Crippen LogP contribution in [0.4, 0.5) is 0 Å². The Kier molecular flexibility index (Phi) is 5.00. The Morgan fingerprint density at radius 1 is 1.36 bits per heavy atom. The van der Waals surface area contributed by atoms with E-state index in [1.165, 1.54) is 0 Å². The monoisotopic (exact) mass is 226 g/mol. The van der Waals surface area contributed by atoms with E-state index in [0.29, 0.717) is 17.4 Å². The van der Waals surface area contributed by atoms with Gasteiger partial charge in [-0.25, -0.2) is 0 Å². The minimum absolute atomic E-state index is 0.0726. The maximum Gasteiger partial charge on any atom is 0.265 e. The second-order valence-corrected chi connectivity index (χ2v) is 5.72. The number of hydrogen-bond acceptors (Lipinski definition) is 3. The summed E-state index contributed by atoms with van der Waals surface area (Å²) in [6, 6.07) is 0.0871. The maximum atomic E-state index is 10.5. The summed E-state index contributed by atoms with van der Waals surface area (Å²) in [7, 11) is -0.0239. The Balaban J connectivity index is 4.14. The summed E-state index contributed by atoms with van der Waals surface area (Å²) in [6.45, 7) is 2.55. The first kappa shape index (κ1) is 13.8. The molecule has 0 rings (SSSR count). The van der Waals surface area contributed by atoms with Crippen LogP contribution in [0, 0.1) is 0 Å². The highest BCUT2D eigenvalue weighted by atomic mass is 32.2. The van der Waals surface area contributed by atoms with Crippen molar-refractivity contribution in [3.8, 4) is 0 Å². The van der Waals surface area contributed by atoms with Crippen LogP contribution in [0.25, 0.3) is 0 Å². The lowest BCUT2D eigenvalue weighted by Crippen LogP contribution is -2.49. The Bertz CT molecular complexity index is 261. The lowest BCUT2D eigenvalue weighted by molar-refractivity contribution is -0.913. The number of quaternary nitrogens is 1. The van der Waals surface area contributed by atoms with Crippen molar-refractivity contribution < 1.29 is 22.6 Å². The maximum absolute atomic E-state index is 10.5. The van der Waals surface area contributed by atoms with E-state index in [2.05, 4.69) is 0 Å². The van der Waals surface area contributed by atoms with Gasteiger partial charge in [0.2, 0.25) is 0 Å². The van der Waals surface area contributed by atoms with Gasteiger partial charge in [0.15, 0.2) is 0 Å². The van der Waals surface area contributed by atoms with E-state index in [1.807, 2.05) is 21.0 Å². The van der Waals surface area contributed by atoms with E-state index in [-0.39, 0.29) is 18.4 Å². The third kappa shape index (κ3) is 5.54. The molecule has 6 heteroatoms. The Morgan fingerprint density at radius 2 is 1.86 bits per heavy atom. The molecule has 0 bridgehead atoms. The van der Waals surface area contributed by atoms with E-state index in [1.54, 1.807) is 0 Å². The van der Waals surface area contributed by atoms with E-state index in [0.717, 1.165) is 0 Å². The van der Waals surface area contributed by atoms with Crippen molar-refractivity contribution in [3.63, 3.8) is 0 Å². The fourth-order valence-electron chi connectivity index (χ4n) is 1.15. The number of nitrogens with zero attached hydrogens (tertiary/aromatic N) is 1. The number of aliphatic hydroxyl groups excluding tert-OH is 1. The SMILES string of the molecule is CC(CCS(=O)(=O)O)[N+](C)(C)CCO. The van der Waals surface area contributed by atoms with Crippen molar-refractivity contribution in [2.75, 3.05) is 33.0 Å². The quantitative estimate of drug-likeness (QED) is 0.482. The van der Waals surface area contributed by atoms with Crippen molar-refractivity contribution in [2.24, 2.45) is 0 Å². The van der Waals surface area contributed by atoms with Gasteiger partial charge >= 0.3 is 0 Å². The normalized spacial score (nSPS) is 15.5. The fraction of sp³-hybridized carbons (Fsp3) is 1.00. The van der Waals surface area contributed by atoms with Gasteiger partial charge in [-0.1, -0.05) is 0 Å². The molecule has 1 unspecified atom stereocenters. The summed E-state index contributed by atoms with van der Waals surface area (Å²) in [5.41, 5.74) is 0. The first-order chi connectivity index (χ1) is 6.19. The van der Waals surface area contributed by atoms with Crippen LogP contribution in [0.5, 0.6) is 0 Å². The van der Waals surface area contributed by atoms with Crippen LogP contribution in [0.2, 0.25) is 0 Å². The van der Waals surface area contributed by atoms with Gasteiger partial charge in [0.05, 0.1) is 32.5 Å². The number of hydrogen-bond donors (Lipinski definition) is 2. The van der Waals surface area contributed by atoms with Crippen molar-refractivity contribution in [2.45, 2.75) is 19.4 Å². The Labute approximate surface area is 85.7 Å². The van der Waals surface area contributed by atoms with E-state index in [4.69, 9.17) is 9.66 Å². The molecule has 0 aliphatic rings. The first-order valence-electron chi connectivity index (χ1n) is 4.58. The number of rotatable bonds is 6. The third-order valence-corrected chi connectivity index (χ3v) is 3.41. The smallest absolute Gasteiger partial charge is 0.265 e. The Morgan fingerprint density at radius 3 is 2.21 bits per heavy atom. The predicted molar refractivity (Wildman–Crippen MR) is 54.6 cm³/mol. The van der Waals surface area contributed by atoms with Crippen LogP contribution in [0.1, 0.15) is 13.3 Å². The van der Waals surface area contributed by atoms with Gasteiger partial charge in [-0.05, 0) is 6.92 Å². The zero-order chi connectivity index (χ0) is 11.4. The summed E-state index contributed by atoms with van der Waals surface area (Å²) in [4.78, 5) is 0. The molecule has 0 aromatic heterocycles. The van der Waals surface area contributed by atoms with E-state index >= 15 is 0 Å². The summed E-state index contributed by atoms with van der Waals surface area (Å²) in [5.74, 6) is -0.221. The second-order valence-electron chi connectivity index (χ2n) is 4.15. The van der Waals surface area contributed by atoms with Gasteiger partial charge in [0.1, 0.15) is 6.54 Å². The molecule has 0 saturated heterocycles. The van der Waals surface area contributed by atoms with Crippen LogP contribution < -0.4 is 0 Å². The minimum Gasteiger partial charge on any atom is -0.391 e. The van der Waals surface area contributed by atoms with Crippen molar-refractivity contribution in [1.29, 1.82) is 0 Å². The molecule has 0 aliphatic carbocycles. The highest BCUT2D eigenvalue weighted by Gasteiger charge is 2.24. The molecular weight excluding hydrogens is 206 g/mol. The molecule has 0 saturated carbocycles. The molecule has 0 fully saturated rings. The predicted octanol–water partition coefficient (Wildman–Crippen LogP) is -0.278. The molecule has 0 spiro atoms. The van der Waals surface area contributed by atoms with E-state index < -0.39 is 10.1 Å². The van der Waals surface area contributed by atoms with Gasteiger partial charge in [0.25, 0.3) is 10.1 Å². The van der Waals surface area contributed by atoms with Crippen LogP contribution in [-0.2, 0) is 10.1 Å². The lowest BCUT2D eigenvalue weighted by Gasteiger charge is -2.35. The molecular formula is C8H20NO4S+. The second kappa shape index (κ2) is 5.06. The average molecular weight is 226 g/mol. The fourth-order valence-corrected chi connectivity index (χ4v) is 1.79. The van der Waals surface area contributed by atoms with Gasteiger partial charge in [-0.2, -0.15) is 8.42 Å². The van der Waals surface area contributed by atoms with Crippen LogP contribution in [0.15, 0.2) is 0 Å². The topological polar surface area (TPSA) is 74.6 Å². The molecule has 0 heterocycles. The highest BCUT2D eigenvalue weighted by molar-refractivity contribution is 7.85. The molecule has 14 heavy (non-hydrogen) atoms. The van der Waals surface area contributed by atoms with Crippen molar-refractivity contribution in [3.05, 3.63) is 0 Å². The lowest BCUT2D eigenvalue weighted by atomic mass is 10.2. The zero-order valence-corrected chi connectivity index (χ0v) is 9.79. The largest absolute Gasteiger partial charge is 0.391 e. The van der Waals surface area contributed by atoms with Crippen LogP contribution in [0.3, 0.4) is 0 Å². The molecule has 5 nitrogen and oxygen atoms in total. The van der Waals surface area contributed by atoms with Crippen LogP contribution >= 0.6 is 0 Å².